The first-order valence-corrected chi connectivity index (χ1v) is 8.95. The highest BCUT2D eigenvalue weighted by Crippen LogP contribution is 2.60. The van der Waals surface area contributed by atoms with Crippen molar-refractivity contribution < 1.29 is 39.5 Å². The Labute approximate surface area is 175 Å². The topological polar surface area (TPSA) is 0 Å². The molecular formula is C19H12Cl2F9. The van der Waals surface area contributed by atoms with E-state index in [1.807, 2.05) is 0 Å². The number of hydrogen-bond donors (Lipinski definition) is 0. The molecule has 165 valence electrons. The lowest BCUT2D eigenvalue weighted by atomic mass is 9.79. The first kappa shape index (κ1) is 24.7. The fourth-order valence-corrected chi connectivity index (χ4v) is 3.57. The summed E-state index contributed by atoms with van der Waals surface area (Å²) < 4.78 is 123. The van der Waals surface area contributed by atoms with Crippen molar-refractivity contribution in [2.45, 2.75) is 44.2 Å². The summed E-state index contributed by atoms with van der Waals surface area (Å²) in [4.78, 5) is 0. The van der Waals surface area contributed by atoms with Gasteiger partial charge in [0.2, 0.25) is 0 Å². The van der Waals surface area contributed by atoms with Crippen LogP contribution in [-0.4, -0.2) is 18.3 Å². The van der Waals surface area contributed by atoms with E-state index in [4.69, 9.17) is 23.2 Å². The van der Waals surface area contributed by atoms with Crippen LogP contribution in [0, 0.1) is 13.0 Å². The van der Waals surface area contributed by atoms with Gasteiger partial charge >= 0.3 is 23.9 Å². The molecule has 2 aromatic rings. The van der Waals surface area contributed by atoms with Crippen LogP contribution >= 0.6 is 23.2 Å². The van der Waals surface area contributed by atoms with Gasteiger partial charge in [0.25, 0.3) is 0 Å². The van der Waals surface area contributed by atoms with Crippen LogP contribution in [0.4, 0.5) is 39.5 Å². The summed E-state index contributed by atoms with van der Waals surface area (Å²) in [5, 5.41) is -0.296. The largest absolute Gasteiger partial charge is 0.457 e. The SMILES string of the molecule is CCc1[c]c(C)cc(C(F)(C(F)(F)F)C(F)(F)C(F)(F)F)c1-c1cc(Cl)cc(Cl)c1. The molecule has 0 saturated heterocycles. The van der Waals surface area contributed by atoms with Gasteiger partial charge < -0.3 is 0 Å². The van der Waals surface area contributed by atoms with Crippen molar-refractivity contribution >= 4 is 23.2 Å². The van der Waals surface area contributed by atoms with E-state index in [0.717, 1.165) is 25.1 Å². The Hall–Kier alpha value is -1.61. The molecule has 11 heteroatoms. The molecule has 1 radical (unpaired) electrons. The maximum Gasteiger partial charge on any atom is 0.457 e. The second kappa shape index (κ2) is 7.82. The van der Waals surface area contributed by atoms with E-state index < -0.39 is 35.1 Å². The molecule has 0 aromatic heterocycles. The van der Waals surface area contributed by atoms with E-state index in [1.54, 1.807) is 0 Å². The standard InChI is InChI=1S/C19H12Cl2F9/c1-3-10-4-9(2)5-14(15(10)11-6-12(20)8-13(21)7-11)16(22,18(25,26)27)17(23,24)19(28,29)30/h5-8H,3H2,1-2H3. The Morgan fingerprint density at radius 1 is 0.800 bits per heavy atom. The van der Waals surface area contributed by atoms with Gasteiger partial charge in [-0.2, -0.15) is 35.1 Å². The van der Waals surface area contributed by atoms with Gasteiger partial charge in [0, 0.05) is 15.6 Å². The van der Waals surface area contributed by atoms with Crippen LogP contribution in [0.1, 0.15) is 23.6 Å². The lowest BCUT2D eigenvalue weighted by Crippen LogP contribution is -2.60. The second-order valence-electron chi connectivity index (χ2n) is 6.46. The third-order valence-electron chi connectivity index (χ3n) is 4.34. The highest BCUT2D eigenvalue weighted by atomic mass is 35.5. The zero-order valence-corrected chi connectivity index (χ0v) is 16.7. The van der Waals surface area contributed by atoms with Gasteiger partial charge in [0.15, 0.2) is 0 Å². The highest BCUT2D eigenvalue weighted by molar-refractivity contribution is 6.35. The fourth-order valence-electron chi connectivity index (χ4n) is 3.05. The summed E-state index contributed by atoms with van der Waals surface area (Å²) in [6.07, 6.45) is -13.6. The van der Waals surface area contributed by atoms with Gasteiger partial charge in [-0.3, -0.25) is 0 Å². The summed E-state index contributed by atoms with van der Waals surface area (Å²) in [6.45, 7) is 2.49. The van der Waals surface area contributed by atoms with Crippen molar-refractivity contribution in [3.05, 3.63) is 57.1 Å². The Balaban J connectivity index is 3.09. The van der Waals surface area contributed by atoms with Crippen molar-refractivity contribution in [1.29, 1.82) is 0 Å². The summed E-state index contributed by atoms with van der Waals surface area (Å²) in [5.74, 6) is -6.80. The van der Waals surface area contributed by atoms with Gasteiger partial charge in [-0.1, -0.05) is 36.2 Å². The van der Waals surface area contributed by atoms with E-state index in [2.05, 4.69) is 6.07 Å². The number of benzene rings is 2. The molecule has 0 heterocycles. The Morgan fingerprint density at radius 2 is 1.30 bits per heavy atom. The lowest BCUT2D eigenvalue weighted by molar-refractivity contribution is -0.389. The Morgan fingerprint density at radius 3 is 1.70 bits per heavy atom. The van der Waals surface area contributed by atoms with Gasteiger partial charge in [0.05, 0.1) is 0 Å². The predicted molar refractivity (Wildman–Crippen MR) is 94.7 cm³/mol. The summed E-state index contributed by atoms with van der Waals surface area (Å²) >= 11 is 11.6. The third-order valence-corrected chi connectivity index (χ3v) is 4.77. The zero-order valence-electron chi connectivity index (χ0n) is 15.2. The van der Waals surface area contributed by atoms with Gasteiger partial charge in [0.1, 0.15) is 0 Å². The van der Waals surface area contributed by atoms with Crippen LogP contribution in [0.3, 0.4) is 0 Å². The lowest BCUT2D eigenvalue weighted by Gasteiger charge is -2.37. The molecule has 0 amide bonds. The van der Waals surface area contributed by atoms with Crippen molar-refractivity contribution in [3.63, 3.8) is 0 Å². The molecule has 0 aliphatic carbocycles. The molecule has 0 bridgehead atoms. The van der Waals surface area contributed by atoms with Crippen molar-refractivity contribution in [3.8, 4) is 11.1 Å². The second-order valence-corrected chi connectivity index (χ2v) is 7.33. The minimum absolute atomic E-state index is 0.148. The molecule has 2 aromatic carbocycles. The van der Waals surface area contributed by atoms with Crippen LogP contribution in [0.25, 0.3) is 11.1 Å². The molecular weight excluding hydrogens is 470 g/mol. The van der Waals surface area contributed by atoms with Crippen molar-refractivity contribution in [2.24, 2.45) is 0 Å². The molecule has 0 spiro atoms. The van der Waals surface area contributed by atoms with Crippen LogP contribution in [0.2, 0.25) is 10.0 Å². The zero-order chi connectivity index (χ0) is 23.3. The predicted octanol–water partition coefficient (Wildman–Crippen LogP) is 8.26. The molecule has 0 fully saturated rings. The number of hydrogen-bond acceptors (Lipinski definition) is 0. The molecule has 0 aliphatic heterocycles. The number of aryl methyl sites for hydroxylation is 2. The Bertz CT molecular complexity index is 928. The molecule has 1 unspecified atom stereocenters. The van der Waals surface area contributed by atoms with Crippen LogP contribution < -0.4 is 0 Å². The molecule has 30 heavy (non-hydrogen) atoms. The average Bonchev–Trinajstić information content (AvgIpc) is 2.56. The molecule has 1 atom stereocenters. The van der Waals surface area contributed by atoms with Crippen molar-refractivity contribution in [2.75, 3.05) is 0 Å². The highest BCUT2D eigenvalue weighted by Gasteiger charge is 2.82. The normalized spacial score (nSPS) is 15.2. The van der Waals surface area contributed by atoms with Crippen LogP contribution in [0.15, 0.2) is 24.3 Å². The minimum Gasteiger partial charge on any atom is -0.221 e. The molecule has 0 N–H and O–H groups in total. The summed E-state index contributed by atoms with van der Waals surface area (Å²) in [5.41, 5.74) is -9.66. The number of halogens is 11. The quantitative estimate of drug-likeness (QED) is 0.385. The van der Waals surface area contributed by atoms with Gasteiger partial charge in [-0.15, -0.1) is 0 Å². The van der Waals surface area contributed by atoms with E-state index in [9.17, 15) is 35.1 Å². The monoisotopic (exact) mass is 481 g/mol. The van der Waals surface area contributed by atoms with Crippen LogP contribution in [-0.2, 0) is 12.1 Å². The van der Waals surface area contributed by atoms with Crippen molar-refractivity contribution in [1.82, 2.24) is 0 Å². The van der Waals surface area contributed by atoms with E-state index in [0.29, 0.717) is 0 Å². The smallest absolute Gasteiger partial charge is 0.221 e. The van der Waals surface area contributed by atoms with Gasteiger partial charge in [-0.05, 0) is 59.9 Å². The maximum atomic E-state index is 15.3. The third kappa shape index (κ3) is 3.98. The maximum absolute atomic E-state index is 15.3. The van der Waals surface area contributed by atoms with Crippen LogP contribution in [0.5, 0.6) is 0 Å². The summed E-state index contributed by atoms with van der Waals surface area (Å²) in [7, 11) is 0. The van der Waals surface area contributed by atoms with E-state index in [-0.39, 0.29) is 39.2 Å². The van der Waals surface area contributed by atoms with E-state index >= 15 is 4.39 Å². The first-order valence-electron chi connectivity index (χ1n) is 8.20. The number of rotatable bonds is 4. The molecule has 2 rings (SSSR count). The number of alkyl halides is 9. The average molecular weight is 482 g/mol. The molecule has 0 saturated carbocycles. The first-order chi connectivity index (χ1) is 13.5. The fraction of sp³-hybridized carbons (Fsp3) is 0.368. The summed E-state index contributed by atoms with van der Waals surface area (Å²) in [6, 6.07) is 5.97. The van der Waals surface area contributed by atoms with E-state index in [1.165, 1.54) is 6.92 Å². The van der Waals surface area contributed by atoms with Gasteiger partial charge in [-0.25, -0.2) is 4.39 Å². The Kier molecular flexibility index (Phi) is 6.43. The minimum atomic E-state index is -6.83. The molecule has 0 nitrogen and oxygen atoms in total. The molecule has 0 aliphatic rings.